The van der Waals surface area contributed by atoms with Crippen molar-refractivity contribution < 1.29 is 0 Å². The number of guanidine groups is 1. The van der Waals surface area contributed by atoms with Crippen LogP contribution in [-0.4, -0.2) is 16.7 Å². The largest absolute Gasteiger partial charge is 0.381 e. The Morgan fingerprint density at radius 1 is 1.08 bits per heavy atom. The van der Waals surface area contributed by atoms with Gasteiger partial charge in [-0.3, -0.25) is 0 Å². The zero-order valence-corrected chi connectivity index (χ0v) is 13.5. The Morgan fingerprint density at radius 2 is 1.88 bits per heavy atom. The summed E-state index contributed by atoms with van der Waals surface area (Å²) in [4.78, 5) is 3.24. The summed E-state index contributed by atoms with van der Waals surface area (Å²) in [7, 11) is 0. The molecule has 0 saturated heterocycles. The van der Waals surface area contributed by atoms with Gasteiger partial charge in [-0.2, -0.15) is 5.10 Å². The number of H-pyrrole nitrogens is 1. The minimum atomic E-state index is -0.0561. The average molecular weight is 320 g/mol. The predicted molar refractivity (Wildman–Crippen MR) is 100 cm³/mol. The molecule has 0 spiro atoms. The third kappa shape index (κ3) is 3.55. The van der Waals surface area contributed by atoms with E-state index in [2.05, 4.69) is 38.7 Å². The van der Waals surface area contributed by atoms with Crippen LogP contribution in [0.5, 0.6) is 0 Å². The molecule has 2 aromatic carbocycles. The van der Waals surface area contributed by atoms with Crippen molar-refractivity contribution in [2.24, 2.45) is 21.7 Å². The number of aromatic nitrogens is 1. The molecule has 0 fully saturated rings. The molecule has 0 saturated carbocycles. The number of rotatable bonds is 5. The van der Waals surface area contributed by atoms with E-state index < -0.39 is 0 Å². The molecule has 122 valence electrons. The summed E-state index contributed by atoms with van der Waals surface area (Å²) in [5, 5.41) is 12.3. The molecule has 0 amide bonds. The van der Waals surface area contributed by atoms with E-state index in [0.29, 0.717) is 0 Å². The van der Waals surface area contributed by atoms with Gasteiger partial charge in [0.2, 0.25) is 5.96 Å². The van der Waals surface area contributed by atoms with E-state index in [1.165, 1.54) is 5.56 Å². The Kier molecular flexibility index (Phi) is 4.47. The van der Waals surface area contributed by atoms with Gasteiger partial charge in [0.15, 0.2) is 0 Å². The monoisotopic (exact) mass is 320 g/mol. The van der Waals surface area contributed by atoms with Crippen LogP contribution in [0.2, 0.25) is 0 Å². The lowest BCUT2D eigenvalue weighted by atomic mass is 10.1. The molecule has 0 bridgehead atoms. The molecule has 0 atom stereocenters. The van der Waals surface area contributed by atoms with Crippen LogP contribution in [0.4, 0.5) is 5.69 Å². The number of fused-ring (bicyclic) bond motifs is 1. The lowest BCUT2D eigenvalue weighted by Crippen LogP contribution is -2.22. The normalized spacial score (nSPS) is 11.5. The van der Waals surface area contributed by atoms with Gasteiger partial charge >= 0.3 is 0 Å². The molecule has 6 heteroatoms. The highest BCUT2D eigenvalue weighted by molar-refractivity contribution is 6.10. The minimum absolute atomic E-state index is 0.0561. The first-order valence-corrected chi connectivity index (χ1v) is 7.66. The molecule has 6 nitrogen and oxygen atoms in total. The van der Waals surface area contributed by atoms with Crippen LogP contribution in [0.15, 0.2) is 64.9 Å². The van der Waals surface area contributed by atoms with Gasteiger partial charge in [0.25, 0.3) is 0 Å². The highest BCUT2D eigenvalue weighted by atomic mass is 15.3. The van der Waals surface area contributed by atoms with Crippen molar-refractivity contribution in [3.05, 3.63) is 65.9 Å². The lowest BCUT2D eigenvalue weighted by molar-refractivity contribution is 1.15. The van der Waals surface area contributed by atoms with Crippen molar-refractivity contribution in [3.63, 3.8) is 0 Å². The molecule has 1 aromatic heterocycles. The van der Waals surface area contributed by atoms with E-state index in [1.807, 2.05) is 43.5 Å². The summed E-state index contributed by atoms with van der Waals surface area (Å²) in [5.74, 6) is -0.0561. The lowest BCUT2D eigenvalue weighted by Gasteiger charge is -2.07. The fraction of sp³-hybridized carbons (Fsp3) is 0.111. The fourth-order valence-corrected chi connectivity index (χ4v) is 2.52. The Balaban J connectivity index is 1.86. The van der Waals surface area contributed by atoms with Gasteiger partial charge in [-0.05, 0) is 30.7 Å². The van der Waals surface area contributed by atoms with Crippen LogP contribution in [0, 0.1) is 0 Å². The number of benzene rings is 2. The Hall–Kier alpha value is -3.28. The van der Waals surface area contributed by atoms with Crippen LogP contribution in [0.3, 0.4) is 0 Å². The number of hydrogen-bond acceptors (Lipinski definition) is 3. The van der Waals surface area contributed by atoms with Gasteiger partial charge in [0, 0.05) is 34.9 Å². The highest BCUT2D eigenvalue weighted by Crippen LogP contribution is 2.23. The van der Waals surface area contributed by atoms with Crippen molar-refractivity contribution in [3.8, 4) is 0 Å². The molecule has 0 aliphatic heterocycles. The average Bonchev–Trinajstić information content (AvgIpc) is 3.02. The third-order valence-corrected chi connectivity index (χ3v) is 3.73. The number of anilines is 1. The van der Waals surface area contributed by atoms with E-state index >= 15 is 0 Å². The molecule has 0 radical (unpaired) electrons. The molecule has 0 aliphatic rings. The number of nitrogens with two attached hydrogens (primary N) is 2. The Morgan fingerprint density at radius 3 is 2.62 bits per heavy atom. The maximum absolute atomic E-state index is 5.33. The summed E-state index contributed by atoms with van der Waals surface area (Å²) >= 11 is 0. The molecule has 1 heterocycles. The number of nitrogens with one attached hydrogen (secondary N) is 2. The van der Waals surface area contributed by atoms with E-state index in [0.717, 1.165) is 34.4 Å². The first-order chi connectivity index (χ1) is 11.6. The standard InChI is InChI=1S/C18H20N6/c1-12(23-24-18(19)20)16-11-22-17-8-7-14(9-15(16)17)21-10-13-5-3-2-4-6-13/h2-9,11,21-22H,10H2,1H3,(H4,19,20,24)/b23-12-. The Labute approximate surface area is 140 Å². The number of nitrogens with zero attached hydrogens (tertiary/aromatic N) is 2. The zero-order valence-electron chi connectivity index (χ0n) is 13.5. The number of hydrogen-bond donors (Lipinski definition) is 4. The summed E-state index contributed by atoms with van der Waals surface area (Å²) in [6.07, 6.45) is 1.91. The maximum Gasteiger partial charge on any atom is 0.211 e. The third-order valence-electron chi connectivity index (χ3n) is 3.73. The van der Waals surface area contributed by atoms with E-state index in [1.54, 1.807) is 0 Å². The number of aromatic amines is 1. The minimum Gasteiger partial charge on any atom is -0.381 e. The van der Waals surface area contributed by atoms with Crippen molar-refractivity contribution >= 4 is 28.3 Å². The SMILES string of the molecule is C/C(=N/N=C(N)N)c1c[nH]c2ccc(NCc3ccccc3)cc12. The summed E-state index contributed by atoms with van der Waals surface area (Å²) < 4.78 is 0. The molecular formula is C18H20N6. The highest BCUT2D eigenvalue weighted by Gasteiger charge is 2.07. The van der Waals surface area contributed by atoms with Crippen LogP contribution in [0.25, 0.3) is 10.9 Å². The zero-order chi connectivity index (χ0) is 16.9. The van der Waals surface area contributed by atoms with Gasteiger partial charge in [-0.1, -0.05) is 30.3 Å². The second-order valence-electron chi connectivity index (χ2n) is 5.51. The van der Waals surface area contributed by atoms with Gasteiger partial charge in [-0.25, -0.2) is 0 Å². The van der Waals surface area contributed by atoms with Crippen LogP contribution >= 0.6 is 0 Å². The molecule has 3 aromatic rings. The van der Waals surface area contributed by atoms with Crippen LogP contribution in [0.1, 0.15) is 18.1 Å². The van der Waals surface area contributed by atoms with Crippen molar-refractivity contribution in [2.75, 3.05) is 5.32 Å². The molecular weight excluding hydrogens is 300 g/mol. The molecule has 24 heavy (non-hydrogen) atoms. The molecule has 0 aliphatic carbocycles. The van der Waals surface area contributed by atoms with E-state index in [-0.39, 0.29) is 5.96 Å². The smallest absolute Gasteiger partial charge is 0.211 e. The van der Waals surface area contributed by atoms with E-state index in [9.17, 15) is 0 Å². The van der Waals surface area contributed by atoms with Gasteiger partial charge < -0.3 is 21.8 Å². The van der Waals surface area contributed by atoms with Crippen molar-refractivity contribution in [1.29, 1.82) is 0 Å². The predicted octanol–water partition coefficient (Wildman–Crippen LogP) is 2.78. The van der Waals surface area contributed by atoms with Crippen molar-refractivity contribution in [1.82, 2.24) is 4.98 Å². The van der Waals surface area contributed by atoms with Gasteiger partial charge in [0.1, 0.15) is 0 Å². The van der Waals surface area contributed by atoms with Gasteiger partial charge in [0.05, 0.1) is 5.71 Å². The first kappa shape index (κ1) is 15.6. The fourth-order valence-electron chi connectivity index (χ4n) is 2.52. The maximum atomic E-state index is 5.33. The van der Waals surface area contributed by atoms with E-state index in [4.69, 9.17) is 11.5 Å². The molecule has 3 rings (SSSR count). The second kappa shape index (κ2) is 6.87. The summed E-state index contributed by atoms with van der Waals surface area (Å²) in [6, 6.07) is 16.5. The summed E-state index contributed by atoms with van der Waals surface area (Å²) in [6.45, 7) is 2.65. The van der Waals surface area contributed by atoms with Crippen molar-refractivity contribution in [2.45, 2.75) is 13.5 Å². The van der Waals surface area contributed by atoms with Crippen LogP contribution in [-0.2, 0) is 6.54 Å². The topological polar surface area (TPSA) is 105 Å². The molecule has 0 unspecified atom stereocenters. The first-order valence-electron chi connectivity index (χ1n) is 7.66. The second-order valence-corrected chi connectivity index (χ2v) is 5.51. The van der Waals surface area contributed by atoms with Gasteiger partial charge in [-0.15, -0.1) is 5.10 Å². The molecule has 6 N–H and O–H groups in total. The summed E-state index contributed by atoms with van der Waals surface area (Å²) in [5.41, 5.74) is 15.7. The van der Waals surface area contributed by atoms with Crippen LogP contribution < -0.4 is 16.8 Å². The quantitative estimate of drug-likeness (QED) is 0.330. The Bertz CT molecular complexity index is 888.